The third-order valence-electron chi connectivity index (χ3n) is 8.03. The fraction of sp³-hybridized carbons (Fsp3) is 0.379. The predicted molar refractivity (Wildman–Crippen MR) is 147 cm³/mol. The first kappa shape index (κ1) is 29.0. The Morgan fingerprint density at radius 3 is 2.45 bits per heavy atom. The average Bonchev–Trinajstić information content (AvgIpc) is 2.99. The molecule has 4 N–H and O–H groups in total. The number of halogens is 2. The molecule has 2 amide bonds. The molecular weight excluding hydrogens is 552 g/mol. The number of hydrogen-bond acceptors (Lipinski definition) is 7. The maximum atomic E-state index is 15.6. The molecule has 0 bridgehead atoms. The van der Waals surface area contributed by atoms with Gasteiger partial charge < -0.3 is 30.5 Å². The van der Waals surface area contributed by atoms with E-state index in [1.807, 2.05) is 30.3 Å². The van der Waals surface area contributed by atoms with Crippen molar-refractivity contribution in [1.29, 1.82) is 0 Å². The summed E-state index contributed by atoms with van der Waals surface area (Å²) in [4.78, 5) is 44.8. The molecule has 0 radical (unpaired) electrons. The second-order valence-electron chi connectivity index (χ2n) is 10.7. The summed E-state index contributed by atoms with van der Waals surface area (Å²) in [5.74, 6) is -1.74. The van der Waals surface area contributed by atoms with E-state index in [1.165, 1.54) is 34.1 Å². The molecular formula is C29H31F2N5O6. The van der Waals surface area contributed by atoms with Crippen LogP contribution in [0.1, 0.15) is 24.3 Å². The van der Waals surface area contributed by atoms with Crippen molar-refractivity contribution in [2.75, 3.05) is 31.9 Å². The number of hydrogen-bond donors (Lipinski definition) is 3. The number of carbonyl (C=O) groups excluding carboxylic acids is 1. The molecule has 2 saturated heterocycles. The Kier molecular flexibility index (Phi) is 8.12. The van der Waals surface area contributed by atoms with E-state index in [2.05, 4.69) is 4.98 Å². The number of alkyl halides is 1. The zero-order valence-electron chi connectivity index (χ0n) is 22.6. The minimum Gasteiger partial charge on any atom is -0.465 e. The van der Waals surface area contributed by atoms with Crippen molar-refractivity contribution in [1.82, 2.24) is 19.4 Å². The molecule has 3 aromatic rings. The monoisotopic (exact) mass is 583 g/mol. The molecule has 11 nitrogen and oxygen atoms in total. The van der Waals surface area contributed by atoms with Crippen LogP contribution in [0.15, 0.2) is 65.7 Å². The van der Waals surface area contributed by atoms with Crippen LogP contribution < -0.4 is 16.0 Å². The van der Waals surface area contributed by atoms with Gasteiger partial charge in [-0.15, -0.1) is 0 Å². The van der Waals surface area contributed by atoms with Crippen LogP contribution in [-0.2, 0) is 11.3 Å². The smallest absolute Gasteiger partial charge is 0.407 e. The first-order chi connectivity index (χ1) is 20.1. The second kappa shape index (κ2) is 11.8. The maximum absolute atomic E-state index is 15.6. The number of anilines is 1. The topological polar surface area (TPSA) is 151 Å². The van der Waals surface area contributed by atoms with Gasteiger partial charge in [0.15, 0.2) is 5.69 Å². The van der Waals surface area contributed by atoms with Gasteiger partial charge in [-0.2, -0.15) is 0 Å². The highest BCUT2D eigenvalue weighted by molar-refractivity contribution is 5.81. The number of aliphatic hydroxyl groups is 1. The van der Waals surface area contributed by atoms with E-state index in [4.69, 9.17) is 10.5 Å². The number of nitrogens with zero attached hydrogens (tertiary/aromatic N) is 4. The van der Waals surface area contributed by atoms with E-state index < -0.39 is 47.6 Å². The number of ether oxygens (including phenoxy) is 1. The molecule has 2 aliphatic heterocycles. The van der Waals surface area contributed by atoms with Crippen molar-refractivity contribution < 1.29 is 33.3 Å². The molecule has 4 atom stereocenters. The van der Waals surface area contributed by atoms with Crippen LogP contribution in [0.4, 0.5) is 19.3 Å². The molecule has 13 heteroatoms. The predicted octanol–water partition coefficient (Wildman–Crippen LogP) is 2.84. The fourth-order valence-electron chi connectivity index (χ4n) is 5.61. The number of piperidine rings is 2. The second-order valence-corrected chi connectivity index (χ2v) is 10.7. The highest BCUT2D eigenvalue weighted by Crippen LogP contribution is 2.36. The zero-order chi connectivity index (χ0) is 30.0. The van der Waals surface area contributed by atoms with E-state index in [0.717, 1.165) is 16.5 Å². The Morgan fingerprint density at radius 2 is 1.79 bits per heavy atom. The largest absolute Gasteiger partial charge is 0.465 e. The fourth-order valence-corrected chi connectivity index (χ4v) is 5.61. The van der Waals surface area contributed by atoms with Gasteiger partial charge in [0.05, 0.1) is 13.1 Å². The van der Waals surface area contributed by atoms with Crippen LogP contribution in [0.3, 0.4) is 0 Å². The van der Waals surface area contributed by atoms with Crippen molar-refractivity contribution in [3.63, 3.8) is 0 Å². The Morgan fingerprint density at radius 1 is 1.07 bits per heavy atom. The lowest BCUT2D eigenvalue weighted by atomic mass is 9.79. The number of rotatable bonds is 6. The lowest BCUT2D eigenvalue weighted by Gasteiger charge is -2.44. The van der Waals surface area contributed by atoms with Gasteiger partial charge in [-0.05, 0) is 42.7 Å². The van der Waals surface area contributed by atoms with Gasteiger partial charge in [-0.1, -0.05) is 30.3 Å². The number of nitrogens with two attached hydrogens (primary N) is 1. The van der Waals surface area contributed by atoms with Crippen molar-refractivity contribution in [2.24, 2.45) is 5.92 Å². The highest BCUT2D eigenvalue weighted by Gasteiger charge is 2.46. The quantitative estimate of drug-likeness (QED) is 0.401. The Bertz CT molecular complexity index is 1500. The molecule has 1 aromatic heterocycles. The minimum absolute atomic E-state index is 0.0415. The van der Waals surface area contributed by atoms with E-state index in [9.17, 15) is 29.0 Å². The Labute approximate surface area is 239 Å². The summed E-state index contributed by atoms with van der Waals surface area (Å²) in [5, 5.41) is 20.7. The molecule has 5 rings (SSSR count). The average molecular weight is 584 g/mol. The van der Waals surface area contributed by atoms with Crippen LogP contribution in [0.2, 0.25) is 0 Å². The maximum Gasteiger partial charge on any atom is 0.407 e. The number of amides is 2. The number of nitrogen functional groups attached to an aromatic ring is 1. The SMILES string of the molecule is Nc1c(Oc2ccc(F)cc2)ncn(CC2(O)CCN(C(=O)[C@@H]3CCN(C(=O)O)C[C@H]3c3ccccc3)CC2F)c1=O. The van der Waals surface area contributed by atoms with E-state index in [0.29, 0.717) is 0 Å². The lowest BCUT2D eigenvalue weighted by Crippen LogP contribution is -2.59. The molecule has 2 unspecified atom stereocenters. The number of carboxylic acid groups (broad SMARTS) is 1. The van der Waals surface area contributed by atoms with Crippen LogP contribution in [0.5, 0.6) is 11.6 Å². The van der Waals surface area contributed by atoms with E-state index in [-0.39, 0.29) is 62.2 Å². The van der Waals surface area contributed by atoms with Gasteiger partial charge in [-0.3, -0.25) is 14.2 Å². The standard InChI is InChI=1S/C29H31F2N5O6/c30-19-6-8-20(9-7-19)42-25-24(32)27(38)36(17-33-25)16-29(41)11-13-34(15-23(29)31)26(37)21-10-12-35(28(39)40)14-22(21)18-4-2-1-3-5-18/h1-9,17,21-23,41H,10-16,32H2,(H,39,40)/t21-,22+,23?,29?/m1/s1. The summed E-state index contributed by atoms with van der Waals surface area (Å²) in [6.45, 7) is -0.471. The summed E-state index contributed by atoms with van der Waals surface area (Å²) in [7, 11) is 0. The van der Waals surface area contributed by atoms with Gasteiger partial charge in [0.25, 0.3) is 5.56 Å². The number of carbonyl (C=O) groups is 2. The van der Waals surface area contributed by atoms with Gasteiger partial charge in [0.2, 0.25) is 11.8 Å². The molecule has 2 fully saturated rings. The summed E-state index contributed by atoms with van der Waals surface area (Å²) in [6, 6.07) is 14.2. The Balaban J connectivity index is 1.27. The van der Waals surface area contributed by atoms with Crippen molar-refractivity contribution >= 4 is 17.7 Å². The highest BCUT2D eigenvalue weighted by atomic mass is 19.1. The number of aromatic nitrogens is 2. The van der Waals surface area contributed by atoms with Crippen molar-refractivity contribution in [2.45, 2.75) is 37.1 Å². The third kappa shape index (κ3) is 5.91. The van der Waals surface area contributed by atoms with Gasteiger partial charge in [0, 0.05) is 31.5 Å². The summed E-state index contributed by atoms with van der Waals surface area (Å²) < 4.78 is 35.2. The molecule has 3 heterocycles. The van der Waals surface area contributed by atoms with Crippen LogP contribution in [0.25, 0.3) is 0 Å². The van der Waals surface area contributed by atoms with Crippen LogP contribution >= 0.6 is 0 Å². The Hall–Kier alpha value is -4.52. The van der Waals surface area contributed by atoms with Gasteiger partial charge in [0.1, 0.15) is 29.7 Å². The lowest BCUT2D eigenvalue weighted by molar-refractivity contribution is -0.149. The third-order valence-corrected chi connectivity index (χ3v) is 8.03. The molecule has 0 aliphatic carbocycles. The first-order valence-electron chi connectivity index (χ1n) is 13.5. The first-order valence-corrected chi connectivity index (χ1v) is 13.5. The van der Waals surface area contributed by atoms with Gasteiger partial charge >= 0.3 is 6.09 Å². The molecule has 2 aliphatic rings. The summed E-state index contributed by atoms with van der Waals surface area (Å²) >= 11 is 0. The zero-order valence-corrected chi connectivity index (χ0v) is 22.6. The normalized spacial score (nSPS) is 24.3. The number of likely N-dealkylation sites (tertiary alicyclic amines) is 2. The molecule has 0 saturated carbocycles. The van der Waals surface area contributed by atoms with Crippen LogP contribution in [-0.4, -0.2) is 79.5 Å². The van der Waals surface area contributed by atoms with Gasteiger partial charge in [-0.25, -0.2) is 18.6 Å². The van der Waals surface area contributed by atoms with E-state index in [1.54, 1.807) is 0 Å². The van der Waals surface area contributed by atoms with E-state index >= 15 is 4.39 Å². The van der Waals surface area contributed by atoms with Crippen molar-refractivity contribution in [3.05, 3.63) is 82.7 Å². The molecule has 0 spiro atoms. The minimum atomic E-state index is -1.97. The van der Waals surface area contributed by atoms with Crippen molar-refractivity contribution in [3.8, 4) is 11.6 Å². The summed E-state index contributed by atoms with van der Waals surface area (Å²) in [5.41, 5.74) is 3.64. The number of benzene rings is 2. The molecule has 42 heavy (non-hydrogen) atoms. The summed E-state index contributed by atoms with van der Waals surface area (Å²) in [6.07, 6.45) is -1.72. The molecule has 222 valence electrons. The molecule has 2 aromatic carbocycles. The van der Waals surface area contributed by atoms with Crippen LogP contribution in [0, 0.1) is 11.7 Å².